The van der Waals surface area contributed by atoms with Crippen molar-refractivity contribution in [3.8, 4) is 0 Å². The molecule has 1 aliphatic carbocycles. The zero-order valence-electron chi connectivity index (χ0n) is 16.9. The van der Waals surface area contributed by atoms with Crippen molar-refractivity contribution in [2.75, 3.05) is 46.3 Å². The molecule has 0 spiro atoms. The van der Waals surface area contributed by atoms with Gasteiger partial charge in [-0.05, 0) is 42.9 Å². The van der Waals surface area contributed by atoms with Crippen molar-refractivity contribution in [2.24, 2.45) is 0 Å². The predicted molar refractivity (Wildman–Crippen MR) is 115 cm³/mol. The molecule has 0 amide bonds. The van der Waals surface area contributed by atoms with Crippen LogP contribution in [-0.4, -0.2) is 61.0 Å². The van der Waals surface area contributed by atoms with Crippen molar-refractivity contribution in [2.45, 2.75) is 19.9 Å². The number of likely N-dealkylation sites (N-methyl/N-ethyl adjacent to an activating group) is 1. The summed E-state index contributed by atoms with van der Waals surface area (Å²) in [5, 5.41) is 0. The minimum Gasteiger partial charge on any atom is -0.368 e. The van der Waals surface area contributed by atoms with Crippen LogP contribution in [0.3, 0.4) is 0 Å². The number of benzene rings is 2. The first-order valence-electron chi connectivity index (χ1n) is 10.3. The van der Waals surface area contributed by atoms with E-state index in [2.05, 4.69) is 90.2 Å². The van der Waals surface area contributed by atoms with Crippen molar-refractivity contribution < 1.29 is 0 Å². The van der Waals surface area contributed by atoms with E-state index in [0.717, 1.165) is 39.3 Å². The molecule has 0 bridgehead atoms. The van der Waals surface area contributed by atoms with Gasteiger partial charge < -0.3 is 9.80 Å². The average molecular weight is 362 g/mol. The summed E-state index contributed by atoms with van der Waals surface area (Å²) in [5.41, 5.74) is 7.02. The molecule has 1 fully saturated rings. The summed E-state index contributed by atoms with van der Waals surface area (Å²) in [6.45, 7) is 11.1. The lowest BCUT2D eigenvalue weighted by Gasteiger charge is -2.37. The molecule has 1 saturated heterocycles. The summed E-state index contributed by atoms with van der Waals surface area (Å²) in [6, 6.07) is 18.3. The normalized spacial score (nSPS) is 20.1. The molecule has 0 saturated carbocycles. The van der Waals surface area contributed by atoms with Crippen molar-refractivity contribution in [1.82, 2.24) is 14.7 Å². The largest absolute Gasteiger partial charge is 0.368 e. The van der Waals surface area contributed by atoms with Crippen LogP contribution >= 0.6 is 0 Å². The van der Waals surface area contributed by atoms with Gasteiger partial charge in [-0.2, -0.15) is 0 Å². The number of rotatable bonds is 4. The summed E-state index contributed by atoms with van der Waals surface area (Å²) in [7, 11) is 2.22. The van der Waals surface area contributed by atoms with Gasteiger partial charge in [0, 0.05) is 37.4 Å². The van der Waals surface area contributed by atoms with E-state index >= 15 is 0 Å². The molecule has 142 valence electrons. The van der Waals surface area contributed by atoms with Crippen LogP contribution in [0.2, 0.25) is 0 Å². The van der Waals surface area contributed by atoms with Crippen LogP contribution in [0.5, 0.6) is 0 Å². The number of fused-ring (bicyclic) bond motifs is 2. The van der Waals surface area contributed by atoms with Crippen LogP contribution in [0.4, 0.5) is 0 Å². The average Bonchev–Trinajstić information content (AvgIpc) is 2.85. The van der Waals surface area contributed by atoms with Crippen LogP contribution in [0.1, 0.15) is 42.1 Å². The molecule has 0 N–H and O–H groups in total. The quantitative estimate of drug-likeness (QED) is 0.809. The fourth-order valence-electron chi connectivity index (χ4n) is 4.54. The zero-order valence-corrected chi connectivity index (χ0v) is 16.9. The molecule has 27 heavy (non-hydrogen) atoms. The van der Waals surface area contributed by atoms with E-state index in [1.165, 1.54) is 28.0 Å². The first-order chi connectivity index (χ1) is 13.2. The van der Waals surface area contributed by atoms with Crippen molar-refractivity contribution in [3.05, 3.63) is 70.8 Å². The van der Waals surface area contributed by atoms with E-state index in [1.54, 1.807) is 0 Å². The van der Waals surface area contributed by atoms with Gasteiger partial charge in [-0.15, -0.1) is 0 Å². The minimum atomic E-state index is 0.314. The van der Waals surface area contributed by atoms with Gasteiger partial charge >= 0.3 is 0 Å². The molecule has 1 heterocycles. The summed E-state index contributed by atoms with van der Waals surface area (Å²) < 4.78 is 0. The van der Waals surface area contributed by atoms with Crippen LogP contribution in [0.25, 0.3) is 11.8 Å². The Labute approximate surface area is 163 Å². The standard InChI is InChI=1S/C24H31N3/c1-4-26(5-2)24-20-11-7-6-10-19(20)18-23(21-12-8-9-13-22(21)24)27-16-14-25(3)15-17-27/h6-13,18,24H,4-5,14-17H2,1-3H3. The van der Waals surface area contributed by atoms with Gasteiger partial charge in [0.05, 0.1) is 6.04 Å². The van der Waals surface area contributed by atoms with Gasteiger partial charge in [0.25, 0.3) is 0 Å². The molecule has 0 radical (unpaired) electrons. The lowest BCUT2D eigenvalue weighted by Crippen LogP contribution is -2.43. The third-order valence-corrected chi connectivity index (χ3v) is 6.14. The Morgan fingerprint density at radius 1 is 0.852 bits per heavy atom. The second-order valence-corrected chi connectivity index (χ2v) is 7.66. The second-order valence-electron chi connectivity index (χ2n) is 7.66. The number of hydrogen-bond acceptors (Lipinski definition) is 3. The Hall–Kier alpha value is -2.10. The van der Waals surface area contributed by atoms with Gasteiger partial charge in [-0.3, -0.25) is 4.90 Å². The van der Waals surface area contributed by atoms with E-state index in [-0.39, 0.29) is 0 Å². The Bertz CT molecular complexity index is 814. The molecule has 2 aromatic rings. The molecular weight excluding hydrogens is 330 g/mol. The zero-order chi connectivity index (χ0) is 18.8. The smallest absolute Gasteiger partial charge is 0.0614 e. The van der Waals surface area contributed by atoms with Crippen LogP contribution in [-0.2, 0) is 0 Å². The van der Waals surface area contributed by atoms with E-state index in [4.69, 9.17) is 0 Å². The Kier molecular flexibility index (Phi) is 5.33. The third-order valence-electron chi connectivity index (χ3n) is 6.14. The summed E-state index contributed by atoms with van der Waals surface area (Å²) >= 11 is 0. The lowest BCUT2D eigenvalue weighted by atomic mass is 9.92. The Balaban J connectivity index is 1.88. The molecule has 2 aromatic carbocycles. The first kappa shape index (κ1) is 18.3. The van der Waals surface area contributed by atoms with Gasteiger partial charge in [-0.25, -0.2) is 0 Å². The second kappa shape index (κ2) is 7.87. The highest BCUT2D eigenvalue weighted by Crippen LogP contribution is 2.40. The van der Waals surface area contributed by atoms with Gasteiger partial charge in [0.1, 0.15) is 0 Å². The van der Waals surface area contributed by atoms with E-state index in [9.17, 15) is 0 Å². The maximum atomic E-state index is 2.58. The third kappa shape index (κ3) is 3.42. The number of piperazine rings is 1. The fourth-order valence-corrected chi connectivity index (χ4v) is 4.54. The SMILES string of the molecule is CCN(CC)C1c2ccccc2C=C(N2CCN(C)CC2)c2ccccc21. The van der Waals surface area contributed by atoms with Crippen LogP contribution in [0, 0.1) is 0 Å². The molecular formula is C24H31N3. The monoisotopic (exact) mass is 361 g/mol. The Morgan fingerprint density at radius 3 is 2.19 bits per heavy atom. The van der Waals surface area contributed by atoms with Crippen LogP contribution < -0.4 is 0 Å². The Morgan fingerprint density at radius 2 is 1.48 bits per heavy atom. The van der Waals surface area contributed by atoms with Crippen LogP contribution in [0.15, 0.2) is 48.5 Å². The molecule has 4 rings (SSSR count). The maximum absolute atomic E-state index is 2.58. The topological polar surface area (TPSA) is 9.72 Å². The summed E-state index contributed by atoms with van der Waals surface area (Å²) in [6.07, 6.45) is 2.43. The molecule has 3 heteroatoms. The number of hydrogen-bond donors (Lipinski definition) is 0. The van der Waals surface area contributed by atoms with Gasteiger partial charge in [0.15, 0.2) is 0 Å². The fraction of sp³-hybridized carbons (Fsp3) is 0.417. The van der Waals surface area contributed by atoms with Gasteiger partial charge in [-0.1, -0.05) is 62.4 Å². The highest BCUT2D eigenvalue weighted by molar-refractivity contribution is 5.85. The maximum Gasteiger partial charge on any atom is 0.0614 e. The number of nitrogens with zero attached hydrogens (tertiary/aromatic N) is 3. The van der Waals surface area contributed by atoms with Gasteiger partial charge in [0.2, 0.25) is 0 Å². The van der Waals surface area contributed by atoms with E-state index in [1.807, 2.05) is 0 Å². The molecule has 1 aliphatic heterocycles. The predicted octanol–water partition coefficient (Wildman–Crippen LogP) is 4.18. The molecule has 2 aliphatic rings. The summed E-state index contributed by atoms with van der Waals surface area (Å²) in [4.78, 5) is 7.59. The van der Waals surface area contributed by atoms with Crippen molar-refractivity contribution in [1.29, 1.82) is 0 Å². The van der Waals surface area contributed by atoms with E-state index < -0.39 is 0 Å². The lowest BCUT2D eigenvalue weighted by molar-refractivity contribution is 0.207. The first-order valence-corrected chi connectivity index (χ1v) is 10.3. The molecule has 0 aromatic heterocycles. The highest BCUT2D eigenvalue weighted by Gasteiger charge is 2.30. The van der Waals surface area contributed by atoms with Crippen molar-refractivity contribution >= 4 is 11.8 Å². The summed E-state index contributed by atoms with van der Waals surface area (Å²) in [5.74, 6) is 0. The molecule has 1 unspecified atom stereocenters. The highest BCUT2D eigenvalue weighted by atomic mass is 15.3. The van der Waals surface area contributed by atoms with Crippen molar-refractivity contribution in [3.63, 3.8) is 0 Å². The molecule has 3 nitrogen and oxygen atoms in total. The molecule has 1 atom stereocenters. The minimum absolute atomic E-state index is 0.314. The van der Waals surface area contributed by atoms with E-state index in [0.29, 0.717) is 6.04 Å².